The molecule has 1 rings (SSSR count). The number of nitriles is 1. The standard InChI is InChI=1S/C8H12N2O2S/c9-2-4-13-6-8(12)10-3-1-7(11)5-10/h7,11H,1,3-6H2. The molecule has 0 saturated carbocycles. The highest BCUT2D eigenvalue weighted by Gasteiger charge is 2.23. The third kappa shape index (κ3) is 3.25. The van der Waals surface area contributed by atoms with Gasteiger partial charge in [-0.3, -0.25) is 4.79 Å². The van der Waals surface area contributed by atoms with Gasteiger partial charge in [0.15, 0.2) is 0 Å². The summed E-state index contributed by atoms with van der Waals surface area (Å²) < 4.78 is 0. The highest BCUT2D eigenvalue weighted by molar-refractivity contribution is 8.00. The van der Waals surface area contributed by atoms with Gasteiger partial charge in [-0.05, 0) is 6.42 Å². The van der Waals surface area contributed by atoms with Gasteiger partial charge in [-0.2, -0.15) is 5.26 Å². The van der Waals surface area contributed by atoms with Crippen LogP contribution in [0.25, 0.3) is 0 Å². The second kappa shape index (κ2) is 5.10. The van der Waals surface area contributed by atoms with Gasteiger partial charge >= 0.3 is 0 Å². The van der Waals surface area contributed by atoms with Gasteiger partial charge in [0.1, 0.15) is 0 Å². The van der Waals surface area contributed by atoms with Crippen LogP contribution in [0.1, 0.15) is 6.42 Å². The van der Waals surface area contributed by atoms with Crippen LogP contribution >= 0.6 is 11.8 Å². The molecule has 0 aromatic heterocycles. The van der Waals surface area contributed by atoms with Gasteiger partial charge in [0.2, 0.25) is 5.91 Å². The van der Waals surface area contributed by atoms with Gasteiger partial charge in [-0.1, -0.05) is 0 Å². The summed E-state index contributed by atoms with van der Waals surface area (Å²) in [7, 11) is 0. The molecule has 0 radical (unpaired) electrons. The lowest BCUT2D eigenvalue weighted by Gasteiger charge is -2.14. The van der Waals surface area contributed by atoms with Gasteiger partial charge in [0.25, 0.3) is 0 Å². The largest absolute Gasteiger partial charge is 0.391 e. The van der Waals surface area contributed by atoms with Crippen LogP contribution in [-0.2, 0) is 4.79 Å². The zero-order valence-electron chi connectivity index (χ0n) is 7.27. The van der Waals surface area contributed by atoms with E-state index >= 15 is 0 Å². The summed E-state index contributed by atoms with van der Waals surface area (Å²) in [6.07, 6.45) is 0.319. The summed E-state index contributed by atoms with van der Waals surface area (Å²) in [6.45, 7) is 1.10. The van der Waals surface area contributed by atoms with Crippen LogP contribution < -0.4 is 0 Å². The number of thioether (sulfide) groups is 1. The van der Waals surface area contributed by atoms with Crippen LogP contribution in [-0.4, -0.2) is 46.6 Å². The predicted molar refractivity (Wildman–Crippen MR) is 50.1 cm³/mol. The van der Waals surface area contributed by atoms with Crippen molar-refractivity contribution in [2.24, 2.45) is 0 Å². The fourth-order valence-corrected chi connectivity index (χ4v) is 1.79. The third-order valence-corrected chi connectivity index (χ3v) is 2.69. The summed E-state index contributed by atoms with van der Waals surface area (Å²) in [5.74, 6) is 0.722. The normalized spacial score (nSPS) is 21.5. The molecule has 1 aliphatic rings. The molecule has 0 spiro atoms. The van der Waals surface area contributed by atoms with Crippen LogP contribution in [0.15, 0.2) is 0 Å². The van der Waals surface area contributed by atoms with E-state index in [0.717, 1.165) is 0 Å². The molecule has 1 atom stereocenters. The van der Waals surface area contributed by atoms with Crippen LogP contribution in [0.3, 0.4) is 0 Å². The SMILES string of the molecule is N#CCSCC(=O)N1CCC(O)C1. The van der Waals surface area contributed by atoms with Gasteiger partial charge in [-0.15, -0.1) is 11.8 Å². The van der Waals surface area contributed by atoms with Crippen molar-refractivity contribution in [3.8, 4) is 6.07 Å². The number of aliphatic hydroxyl groups is 1. The minimum atomic E-state index is -0.357. The van der Waals surface area contributed by atoms with Crippen molar-refractivity contribution >= 4 is 17.7 Å². The second-order valence-corrected chi connectivity index (χ2v) is 3.92. The van der Waals surface area contributed by atoms with Crippen LogP contribution in [0.5, 0.6) is 0 Å². The van der Waals surface area contributed by atoms with E-state index in [4.69, 9.17) is 10.4 Å². The molecule has 1 fully saturated rings. The molecule has 0 aliphatic carbocycles. The Labute approximate surface area is 81.5 Å². The van der Waals surface area contributed by atoms with E-state index in [1.807, 2.05) is 6.07 Å². The minimum Gasteiger partial charge on any atom is -0.391 e. The van der Waals surface area contributed by atoms with Crippen LogP contribution in [0.4, 0.5) is 0 Å². The highest BCUT2D eigenvalue weighted by Crippen LogP contribution is 2.11. The van der Waals surface area contributed by atoms with Crippen molar-refractivity contribution < 1.29 is 9.90 Å². The summed E-state index contributed by atoms with van der Waals surface area (Å²) in [4.78, 5) is 13.0. The van der Waals surface area contributed by atoms with E-state index in [9.17, 15) is 4.79 Å². The molecular weight excluding hydrogens is 188 g/mol. The molecule has 0 bridgehead atoms. The Balaban J connectivity index is 2.21. The Bertz CT molecular complexity index is 227. The maximum Gasteiger partial charge on any atom is 0.232 e. The molecule has 1 amide bonds. The Hall–Kier alpha value is -0.730. The van der Waals surface area contributed by atoms with Crippen molar-refractivity contribution in [2.45, 2.75) is 12.5 Å². The van der Waals surface area contributed by atoms with Gasteiger partial charge in [-0.25, -0.2) is 0 Å². The number of amides is 1. The number of aliphatic hydroxyl groups excluding tert-OH is 1. The smallest absolute Gasteiger partial charge is 0.232 e. The molecule has 1 aliphatic heterocycles. The maximum atomic E-state index is 11.4. The number of hydrogen-bond acceptors (Lipinski definition) is 4. The molecule has 1 saturated heterocycles. The number of carbonyl (C=O) groups is 1. The monoisotopic (exact) mass is 200 g/mol. The van der Waals surface area contributed by atoms with E-state index < -0.39 is 0 Å². The lowest BCUT2D eigenvalue weighted by atomic mass is 10.3. The topological polar surface area (TPSA) is 64.3 Å². The fourth-order valence-electron chi connectivity index (χ4n) is 1.24. The van der Waals surface area contributed by atoms with Crippen LogP contribution in [0, 0.1) is 11.3 Å². The van der Waals surface area contributed by atoms with Crippen molar-refractivity contribution in [1.82, 2.24) is 4.90 Å². The Kier molecular flexibility index (Phi) is 4.06. The molecule has 72 valence electrons. The Morgan fingerprint density at radius 3 is 3.08 bits per heavy atom. The van der Waals surface area contributed by atoms with Crippen molar-refractivity contribution in [2.75, 3.05) is 24.6 Å². The number of likely N-dealkylation sites (tertiary alicyclic amines) is 1. The van der Waals surface area contributed by atoms with Gasteiger partial charge < -0.3 is 10.0 Å². The van der Waals surface area contributed by atoms with E-state index in [0.29, 0.717) is 31.0 Å². The summed E-state index contributed by atoms with van der Waals surface area (Å²) in [6, 6.07) is 1.97. The lowest BCUT2D eigenvalue weighted by Crippen LogP contribution is -2.31. The zero-order valence-corrected chi connectivity index (χ0v) is 8.09. The number of nitrogens with zero attached hydrogens (tertiary/aromatic N) is 2. The summed E-state index contributed by atoms with van der Waals surface area (Å²) in [5, 5.41) is 17.4. The maximum absolute atomic E-state index is 11.4. The molecule has 13 heavy (non-hydrogen) atoms. The van der Waals surface area contributed by atoms with E-state index in [2.05, 4.69) is 0 Å². The Morgan fingerprint density at radius 2 is 2.54 bits per heavy atom. The lowest BCUT2D eigenvalue weighted by molar-refractivity contribution is -0.127. The fraction of sp³-hybridized carbons (Fsp3) is 0.750. The number of hydrogen-bond donors (Lipinski definition) is 1. The quantitative estimate of drug-likeness (QED) is 0.643. The highest BCUT2D eigenvalue weighted by atomic mass is 32.2. The first kappa shape index (κ1) is 10.4. The average Bonchev–Trinajstić information content (AvgIpc) is 2.52. The first-order chi connectivity index (χ1) is 6.24. The molecule has 0 aromatic rings. The predicted octanol–water partition coefficient (Wildman–Crippen LogP) is -0.164. The third-order valence-electron chi connectivity index (χ3n) is 1.91. The van der Waals surface area contributed by atoms with E-state index in [1.54, 1.807) is 4.90 Å². The molecule has 1 heterocycles. The zero-order chi connectivity index (χ0) is 9.68. The minimum absolute atomic E-state index is 0.0248. The van der Waals surface area contributed by atoms with Crippen LogP contribution in [0.2, 0.25) is 0 Å². The van der Waals surface area contributed by atoms with Crippen molar-refractivity contribution in [3.05, 3.63) is 0 Å². The van der Waals surface area contributed by atoms with Crippen molar-refractivity contribution in [1.29, 1.82) is 5.26 Å². The summed E-state index contributed by atoms with van der Waals surface area (Å²) in [5.41, 5.74) is 0. The van der Waals surface area contributed by atoms with E-state index in [1.165, 1.54) is 11.8 Å². The van der Waals surface area contributed by atoms with E-state index in [-0.39, 0.29) is 12.0 Å². The first-order valence-corrected chi connectivity index (χ1v) is 5.30. The summed E-state index contributed by atoms with van der Waals surface area (Å²) >= 11 is 1.32. The van der Waals surface area contributed by atoms with Crippen molar-refractivity contribution in [3.63, 3.8) is 0 Å². The number of β-amino-alcohol motifs (C(OH)–C–C–N with tert-alkyl or cyclic N) is 1. The molecular formula is C8H12N2O2S. The Morgan fingerprint density at radius 1 is 1.77 bits per heavy atom. The molecule has 4 nitrogen and oxygen atoms in total. The average molecular weight is 200 g/mol. The number of carbonyl (C=O) groups excluding carboxylic acids is 1. The molecule has 1 N–H and O–H groups in total. The molecule has 0 aromatic carbocycles. The first-order valence-electron chi connectivity index (χ1n) is 4.14. The van der Waals surface area contributed by atoms with Gasteiger partial charge in [0, 0.05) is 13.1 Å². The van der Waals surface area contributed by atoms with Gasteiger partial charge in [0.05, 0.1) is 23.7 Å². The second-order valence-electron chi connectivity index (χ2n) is 2.93. The molecule has 1 unspecified atom stereocenters. The number of rotatable bonds is 3. The molecule has 5 heteroatoms.